The third-order valence-electron chi connectivity index (χ3n) is 2.83. The van der Waals surface area contributed by atoms with Crippen molar-refractivity contribution in [3.8, 4) is 11.4 Å². The predicted molar refractivity (Wildman–Crippen MR) is 87.2 cm³/mol. The molecule has 0 amide bonds. The van der Waals surface area contributed by atoms with Crippen LogP contribution in [-0.2, 0) is 12.6 Å². The number of hydrogen-bond donors (Lipinski definition) is 1. The molecule has 0 fully saturated rings. The summed E-state index contributed by atoms with van der Waals surface area (Å²) < 4.78 is 8.18. The molecule has 1 aromatic carbocycles. The Morgan fingerprint density at radius 2 is 2.09 bits per heavy atom. The van der Waals surface area contributed by atoms with E-state index in [0.29, 0.717) is 20.9 Å². The Morgan fingerprint density at radius 3 is 2.73 bits per heavy atom. The monoisotopic (exact) mass is 359 g/mol. The van der Waals surface area contributed by atoms with Gasteiger partial charge in [0.05, 0.1) is 6.61 Å². The second-order valence-corrected chi connectivity index (χ2v) is 6.18. The van der Waals surface area contributed by atoms with Gasteiger partial charge in [0.15, 0.2) is 9.60 Å². The van der Waals surface area contributed by atoms with Crippen LogP contribution in [0.4, 0.5) is 0 Å². The molecule has 0 atom stereocenters. The van der Waals surface area contributed by atoms with E-state index in [1.165, 1.54) is 11.3 Å². The minimum absolute atomic E-state index is 0. The van der Waals surface area contributed by atoms with Gasteiger partial charge in [0.2, 0.25) is 0 Å². The zero-order chi connectivity index (χ0) is 15.0. The van der Waals surface area contributed by atoms with Gasteiger partial charge >= 0.3 is 29.6 Å². The standard InChI is InChI=1S/C13H11N3O2S3.Na/c1-2-18-8-5-3-7(4-6-8)16-10-9(21-13(16)20)11(17)15-12(19)14-10;/h3-6H,2H2,1H3,(H2,14,15,17,19);/q;+1/p-1. The van der Waals surface area contributed by atoms with Crippen molar-refractivity contribution < 1.29 is 34.3 Å². The van der Waals surface area contributed by atoms with Gasteiger partial charge in [0, 0.05) is 5.69 Å². The molecule has 0 radical (unpaired) electrons. The van der Waals surface area contributed by atoms with E-state index in [-0.39, 0.29) is 40.3 Å². The first kappa shape index (κ1) is 17.6. The molecule has 2 heterocycles. The second-order valence-electron chi connectivity index (χ2n) is 4.15. The zero-order valence-electron chi connectivity index (χ0n) is 12.0. The molecule has 5 nitrogen and oxygen atoms in total. The molecule has 0 saturated carbocycles. The van der Waals surface area contributed by atoms with Crippen LogP contribution in [0.2, 0.25) is 0 Å². The van der Waals surface area contributed by atoms with E-state index in [4.69, 9.17) is 29.6 Å². The number of thiazole rings is 1. The van der Waals surface area contributed by atoms with Crippen LogP contribution in [0.1, 0.15) is 6.92 Å². The zero-order valence-corrected chi connectivity index (χ0v) is 16.4. The minimum Gasteiger partial charge on any atom is -0.742 e. The maximum atomic E-state index is 11.9. The third-order valence-corrected chi connectivity index (χ3v) is 4.38. The summed E-state index contributed by atoms with van der Waals surface area (Å²) in [6.07, 6.45) is 0. The van der Waals surface area contributed by atoms with Crippen molar-refractivity contribution in [3.05, 3.63) is 38.6 Å². The minimum atomic E-state index is -0.259. The van der Waals surface area contributed by atoms with Gasteiger partial charge in [0.1, 0.15) is 10.4 Å². The number of ether oxygens (including phenoxy) is 1. The van der Waals surface area contributed by atoms with Crippen molar-refractivity contribution in [3.63, 3.8) is 0 Å². The van der Waals surface area contributed by atoms with E-state index in [0.717, 1.165) is 11.4 Å². The van der Waals surface area contributed by atoms with Crippen molar-refractivity contribution >= 4 is 46.5 Å². The van der Waals surface area contributed by atoms with Crippen molar-refractivity contribution in [1.29, 1.82) is 0 Å². The molecule has 0 aliphatic carbocycles. The maximum absolute atomic E-state index is 11.9. The fourth-order valence-corrected chi connectivity index (χ4v) is 3.43. The van der Waals surface area contributed by atoms with Crippen molar-refractivity contribution in [2.45, 2.75) is 12.1 Å². The molecule has 2 aromatic heterocycles. The molecule has 9 heteroatoms. The Bertz CT molecular complexity index is 915. The molecular weight excluding hydrogens is 349 g/mol. The molecule has 22 heavy (non-hydrogen) atoms. The van der Waals surface area contributed by atoms with E-state index in [1.54, 1.807) is 4.57 Å². The number of rotatable bonds is 3. The summed E-state index contributed by atoms with van der Waals surface area (Å²) in [5.41, 5.74) is 1.05. The van der Waals surface area contributed by atoms with Gasteiger partial charge in [-0.25, -0.2) is 4.98 Å². The summed E-state index contributed by atoms with van der Waals surface area (Å²) in [5.74, 6) is 0.780. The Balaban J connectivity index is 0.00000176. The van der Waals surface area contributed by atoms with E-state index in [1.807, 2.05) is 31.2 Å². The number of H-pyrrole nitrogens is 1. The second kappa shape index (κ2) is 7.20. The Hall–Kier alpha value is -0.770. The quantitative estimate of drug-likeness (QED) is 0.304. The van der Waals surface area contributed by atoms with E-state index in [9.17, 15) is 4.79 Å². The molecule has 3 rings (SSSR count). The first-order valence-corrected chi connectivity index (χ1v) is 7.79. The Labute approximate surface area is 163 Å². The van der Waals surface area contributed by atoms with Crippen LogP contribution in [0.15, 0.2) is 34.2 Å². The number of aromatic nitrogens is 3. The molecule has 3 aromatic rings. The largest absolute Gasteiger partial charge is 1.00 e. The molecule has 108 valence electrons. The SMILES string of the molecule is CCOc1ccc(-n2c(=S)sc3c(=O)[nH]c([S-])nc32)cc1.[Na+]. The van der Waals surface area contributed by atoms with Crippen LogP contribution in [0.3, 0.4) is 0 Å². The Kier molecular flexibility index (Phi) is 5.76. The Morgan fingerprint density at radius 1 is 1.41 bits per heavy atom. The van der Waals surface area contributed by atoms with E-state index in [2.05, 4.69) is 9.97 Å². The molecule has 0 spiro atoms. The van der Waals surface area contributed by atoms with Gasteiger partial charge in [-0.2, -0.15) is 0 Å². The predicted octanol–water partition coefficient (Wildman–Crippen LogP) is -0.187. The van der Waals surface area contributed by atoms with Crippen LogP contribution < -0.4 is 39.9 Å². The summed E-state index contributed by atoms with van der Waals surface area (Å²) in [4.78, 5) is 18.6. The van der Waals surface area contributed by atoms with Gasteiger partial charge in [-0.15, -0.1) is 0 Å². The fourth-order valence-electron chi connectivity index (χ4n) is 1.98. The van der Waals surface area contributed by atoms with Crippen LogP contribution in [-0.4, -0.2) is 21.1 Å². The van der Waals surface area contributed by atoms with Gasteiger partial charge in [-0.3, -0.25) is 9.36 Å². The summed E-state index contributed by atoms with van der Waals surface area (Å²) >= 11 is 11.5. The summed E-state index contributed by atoms with van der Waals surface area (Å²) in [5, 5.41) is 0.153. The normalized spacial score (nSPS) is 10.4. The average Bonchev–Trinajstić information content (AvgIpc) is 2.77. The topological polar surface area (TPSA) is 59.9 Å². The van der Waals surface area contributed by atoms with Gasteiger partial charge in [-0.1, -0.05) is 11.3 Å². The number of aromatic amines is 1. The van der Waals surface area contributed by atoms with Gasteiger partial charge < -0.3 is 22.3 Å². The van der Waals surface area contributed by atoms with Crippen LogP contribution in [0, 0.1) is 3.95 Å². The van der Waals surface area contributed by atoms with E-state index >= 15 is 0 Å². The number of nitrogens with one attached hydrogen (secondary N) is 1. The molecular formula is C13H10N3NaO2S3. The van der Waals surface area contributed by atoms with Crippen molar-refractivity contribution in [2.75, 3.05) is 6.61 Å². The van der Waals surface area contributed by atoms with E-state index < -0.39 is 0 Å². The fraction of sp³-hybridized carbons (Fsp3) is 0.154. The molecule has 0 aliphatic rings. The third kappa shape index (κ3) is 3.27. The molecule has 1 N–H and O–H groups in total. The smallest absolute Gasteiger partial charge is 0.742 e. The first-order valence-electron chi connectivity index (χ1n) is 6.16. The molecule has 0 unspecified atom stereocenters. The van der Waals surface area contributed by atoms with Gasteiger partial charge in [0.25, 0.3) is 5.56 Å². The van der Waals surface area contributed by atoms with Crippen molar-refractivity contribution in [1.82, 2.24) is 14.5 Å². The molecule has 0 aliphatic heterocycles. The van der Waals surface area contributed by atoms with Gasteiger partial charge in [-0.05, 0) is 48.6 Å². The summed E-state index contributed by atoms with van der Waals surface area (Å²) in [7, 11) is 0. The molecule has 0 bridgehead atoms. The number of benzene rings is 1. The van der Waals surface area contributed by atoms with Crippen molar-refractivity contribution in [2.24, 2.45) is 0 Å². The van der Waals surface area contributed by atoms with Crippen LogP contribution in [0.5, 0.6) is 5.75 Å². The summed E-state index contributed by atoms with van der Waals surface area (Å²) in [6, 6.07) is 7.45. The van der Waals surface area contributed by atoms with Crippen LogP contribution in [0.25, 0.3) is 16.0 Å². The first-order chi connectivity index (χ1) is 10.1. The number of fused-ring (bicyclic) bond motifs is 1. The summed E-state index contributed by atoms with van der Waals surface area (Å²) in [6.45, 7) is 2.54. The number of nitrogens with zero attached hydrogens (tertiary/aromatic N) is 2. The maximum Gasteiger partial charge on any atom is 1.00 e. The molecule has 0 saturated heterocycles. The average molecular weight is 359 g/mol. The van der Waals surface area contributed by atoms with Crippen LogP contribution >= 0.6 is 23.6 Å². The number of hydrogen-bond acceptors (Lipinski definition) is 6.